The van der Waals surface area contributed by atoms with Crippen molar-refractivity contribution in [3.8, 4) is 5.75 Å². The molecule has 9 heteroatoms. The van der Waals surface area contributed by atoms with E-state index in [-0.39, 0.29) is 16.4 Å². The maximum Gasteiger partial charge on any atom is 0.344 e. The molecule has 2 aromatic rings. The zero-order valence-electron chi connectivity index (χ0n) is 15.1. The van der Waals surface area contributed by atoms with E-state index in [1.165, 1.54) is 17.9 Å². The average Bonchev–Trinajstić information content (AvgIpc) is 2.66. The summed E-state index contributed by atoms with van der Waals surface area (Å²) in [5.74, 6) is -2.15. The predicted octanol–water partition coefficient (Wildman–Crippen LogP) is 3.13. The minimum Gasteiger partial charge on any atom is -0.479 e. The molecule has 0 saturated carbocycles. The summed E-state index contributed by atoms with van der Waals surface area (Å²) >= 11 is 8.52. The van der Waals surface area contributed by atoms with E-state index < -0.39 is 23.9 Å². The van der Waals surface area contributed by atoms with Gasteiger partial charge >= 0.3 is 5.97 Å². The molecule has 148 valence electrons. The maximum absolute atomic E-state index is 13.1. The van der Waals surface area contributed by atoms with Crippen LogP contribution in [0.15, 0.2) is 58.6 Å². The molecule has 1 aliphatic rings. The summed E-state index contributed by atoms with van der Waals surface area (Å²) in [4.78, 5) is 37.8. The number of hydrogen-bond acceptors (Lipinski definition) is 5. The first kappa shape index (κ1) is 20.7. The average molecular weight is 475 g/mol. The third-order valence-corrected chi connectivity index (χ3v) is 4.82. The fraction of sp³-hybridized carbons (Fsp3) is 0.100. The summed E-state index contributed by atoms with van der Waals surface area (Å²) in [7, 11) is 0. The lowest BCUT2D eigenvalue weighted by Crippen LogP contribution is -2.54. The molecule has 0 aromatic heterocycles. The first-order chi connectivity index (χ1) is 13.8. The standard InChI is InChI=1S/C20H15BrN2O5S/c1-11(19(26)27)28-16-8-3-2-5-12(16)9-15-17(24)22-20(29)23(18(15)25)14-7-4-6-13(21)10-14/h2-11H,1H3,(H,26,27)(H,22,24,29)/b15-9+/t11-/m1/s1. The highest BCUT2D eigenvalue weighted by Gasteiger charge is 2.34. The van der Waals surface area contributed by atoms with Crippen molar-refractivity contribution in [1.29, 1.82) is 0 Å². The van der Waals surface area contributed by atoms with Crippen LogP contribution < -0.4 is 15.0 Å². The lowest BCUT2D eigenvalue weighted by molar-refractivity contribution is -0.144. The Hall–Kier alpha value is -3.04. The third kappa shape index (κ3) is 4.52. The number of rotatable bonds is 5. The summed E-state index contributed by atoms with van der Waals surface area (Å²) < 4.78 is 6.18. The lowest BCUT2D eigenvalue weighted by atomic mass is 10.1. The number of nitrogens with zero attached hydrogens (tertiary/aromatic N) is 1. The van der Waals surface area contributed by atoms with Crippen molar-refractivity contribution < 1.29 is 24.2 Å². The maximum atomic E-state index is 13.1. The van der Waals surface area contributed by atoms with Crippen molar-refractivity contribution in [3.63, 3.8) is 0 Å². The first-order valence-electron chi connectivity index (χ1n) is 8.43. The van der Waals surface area contributed by atoms with Crippen LogP contribution in [0.1, 0.15) is 12.5 Å². The van der Waals surface area contributed by atoms with Crippen LogP contribution in [0.25, 0.3) is 6.08 Å². The van der Waals surface area contributed by atoms with Crippen LogP contribution in [-0.2, 0) is 14.4 Å². The molecular weight excluding hydrogens is 460 g/mol. The molecule has 1 aliphatic heterocycles. The van der Waals surface area contributed by atoms with Crippen molar-refractivity contribution >= 4 is 62.8 Å². The zero-order valence-corrected chi connectivity index (χ0v) is 17.5. The molecule has 1 saturated heterocycles. The van der Waals surface area contributed by atoms with Crippen molar-refractivity contribution in [1.82, 2.24) is 5.32 Å². The molecule has 0 bridgehead atoms. The van der Waals surface area contributed by atoms with Gasteiger partial charge in [0.1, 0.15) is 11.3 Å². The number of aliphatic carboxylic acids is 1. The van der Waals surface area contributed by atoms with Crippen molar-refractivity contribution in [3.05, 3.63) is 64.1 Å². The molecule has 1 heterocycles. The van der Waals surface area contributed by atoms with E-state index in [1.54, 1.807) is 48.5 Å². The van der Waals surface area contributed by atoms with E-state index in [0.717, 1.165) is 4.47 Å². The zero-order chi connectivity index (χ0) is 21.1. The highest BCUT2D eigenvalue weighted by atomic mass is 79.9. The summed E-state index contributed by atoms with van der Waals surface area (Å²) in [6.07, 6.45) is 0.255. The van der Waals surface area contributed by atoms with Gasteiger partial charge in [-0.1, -0.05) is 40.2 Å². The number of carboxylic acids is 1. The normalized spacial score (nSPS) is 16.6. The molecule has 0 aliphatic carbocycles. The van der Waals surface area contributed by atoms with Gasteiger partial charge in [0.25, 0.3) is 11.8 Å². The first-order valence-corrected chi connectivity index (χ1v) is 9.63. The molecule has 0 spiro atoms. The molecule has 0 unspecified atom stereocenters. The second-order valence-electron chi connectivity index (χ2n) is 6.07. The molecule has 3 rings (SSSR count). The Bertz CT molecular complexity index is 1050. The largest absolute Gasteiger partial charge is 0.479 e. The van der Waals surface area contributed by atoms with Crippen LogP contribution >= 0.6 is 28.1 Å². The molecule has 7 nitrogen and oxygen atoms in total. The lowest BCUT2D eigenvalue weighted by Gasteiger charge is -2.29. The van der Waals surface area contributed by atoms with Crippen LogP contribution in [0.4, 0.5) is 5.69 Å². The number of amides is 2. The summed E-state index contributed by atoms with van der Waals surface area (Å²) in [5.41, 5.74) is 0.725. The summed E-state index contributed by atoms with van der Waals surface area (Å²) in [6.45, 7) is 1.39. The molecule has 0 radical (unpaired) electrons. The van der Waals surface area contributed by atoms with Gasteiger partial charge in [0.05, 0.1) is 5.69 Å². The monoisotopic (exact) mass is 474 g/mol. The molecule has 1 fully saturated rings. The van der Waals surface area contributed by atoms with Crippen LogP contribution in [0.2, 0.25) is 0 Å². The Kier molecular flexibility index (Phi) is 6.09. The summed E-state index contributed by atoms with van der Waals surface area (Å²) in [6, 6.07) is 13.5. The smallest absolute Gasteiger partial charge is 0.344 e. The fourth-order valence-electron chi connectivity index (χ4n) is 2.61. The molecule has 29 heavy (non-hydrogen) atoms. The number of hydrogen-bond donors (Lipinski definition) is 2. The van der Waals surface area contributed by atoms with Crippen molar-refractivity contribution in [2.45, 2.75) is 13.0 Å². The van der Waals surface area contributed by atoms with Crippen LogP contribution in [0.3, 0.4) is 0 Å². The van der Waals surface area contributed by atoms with Crippen molar-refractivity contribution in [2.24, 2.45) is 0 Å². The highest BCUT2D eigenvalue weighted by Crippen LogP contribution is 2.27. The van der Waals surface area contributed by atoms with E-state index in [0.29, 0.717) is 11.3 Å². The Labute approximate surface area is 180 Å². The molecule has 2 N–H and O–H groups in total. The molecule has 2 aromatic carbocycles. The van der Waals surface area contributed by atoms with Gasteiger partial charge in [-0.25, -0.2) is 4.79 Å². The van der Waals surface area contributed by atoms with Gasteiger partial charge in [0.15, 0.2) is 11.2 Å². The number of nitrogens with one attached hydrogen (secondary N) is 1. The van der Waals surface area contributed by atoms with Gasteiger partial charge in [-0.2, -0.15) is 0 Å². The Morgan fingerprint density at radius 1 is 1.24 bits per heavy atom. The molecule has 1 atom stereocenters. The van der Waals surface area contributed by atoms with E-state index in [9.17, 15) is 14.4 Å². The van der Waals surface area contributed by atoms with Gasteiger partial charge in [0.2, 0.25) is 0 Å². The van der Waals surface area contributed by atoms with Crippen LogP contribution in [0, 0.1) is 0 Å². The fourth-order valence-corrected chi connectivity index (χ4v) is 3.28. The van der Waals surface area contributed by atoms with Crippen molar-refractivity contribution in [2.75, 3.05) is 4.90 Å². The molecular formula is C20H15BrN2O5S. The number of ether oxygens (including phenoxy) is 1. The number of carboxylic acid groups (broad SMARTS) is 1. The Morgan fingerprint density at radius 2 is 1.97 bits per heavy atom. The van der Waals surface area contributed by atoms with E-state index in [4.69, 9.17) is 22.1 Å². The van der Waals surface area contributed by atoms with E-state index in [2.05, 4.69) is 21.2 Å². The highest BCUT2D eigenvalue weighted by molar-refractivity contribution is 9.10. The quantitative estimate of drug-likeness (QED) is 0.392. The summed E-state index contributed by atoms with van der Waals surface area (Å²) in [5, 5.41) is 11.5. The Balaban J connectivity index is 2.01. The topological polar surface area (TPSA) is 95.9 Å². The van der Waals surface area contributed by atoms with Gasteiger partial charge in [-0.15, -0.1) is 0 Å². The number of carbonyl (C=O) groups excluding carboxylic acids is 2. The number of halogens is 1. The number of benzene rings is 2. The predicted molar refractivity (Wildman–Crippen MR) is 115 cm³/mol. The second kappa shape index (κ2) is 8.54. The number of anilines is 1. The van der Waals surface area contributed by atoms with Gasteiger partial charge < -0.3 is 9.84 Å². The Morgan fingerprint density at radius 3 is 2.66 bits per heavy atom. The van der Waals surface area contributed by atoms with Crippen LogP contribution in [-0.4, -0.2) is 34.1 Å². The second-order valence-corrected chi connectivity index (χ2v) is 7.38. The number of carbonyl (C=O) groups is 3. The van der Waals surface area contributed by atoms with Gasteiger partial charge in [-0.3, -0.25) is 19.8 Å². The minimum absolute atomic E-state index is 0.0284. The van der Waals surface area contributed by atoms with E-state index in [1.807, 2.05) is 0 Å². The number of para-hydroxylation sites is 1. The van der Waals surface area contributed by atoms with E-state index >= 15 is 0 Å². The third-order valence-electron chi connectivity index (χ3n) is 4.04. The minimum atomic E-state index is -1.13. The van der Waals surface area contributed by atoms with Gasteiger partial charge in [-0.05, 0) is 49.5 Å². The molecule has 2 amide bonds. The number of thiocarbonyl (C=S) groups is 1. The van der Waals surface area contributed by atoms with Crippen LogP contribution in [0.5, 0.6) is 5.75 Å². The SMILES string of the molecule is C[C@@H](Oc1ccccc1/C=C1\C(=O)NC(=S)N(c2cccc(Br)c2)C1=O)C(=O)O. The van der Waals surface area contributed by atoms with Gasteiger partial charge in [0, 0.05) is 10.0 Å².